The molecule has 0 spiro atoms. The van der Waals surface area contributed by atoms with Gasteiger partial charge >= 0.3 is 6.09 Å². The van der Waals surface area contributed by atoms with E-state index in [2.05, 4.69) is 11.8 Å². The number of unbranched alkanes of at least 4 members (excludes halogenated alkanes) is 1. The van der Waals surface area contributed by atoms with Gasteiger partial charge in [-0.1, -0.05) is 13.3 Å². The van der Waals surface area contributed by atoms with Gasteiger partial charge in [0.15, 0.2) is 0 Å². The fourth-order valence-electron chi connectivity index (χ4n) is 2.14. The lowest BCUT2D eigenvalue weighted by Gasteiger charge is -2.34. The minimum atomic E-state index is -0.457. The van der Waals surface area contributed by atoms with E-state index in [1.807, 2.05) is 6.92 Å². The molecule has 0 aromatic carbocycles. The van der Waals surface area contributed by atoms with Crippen molar-refractivity contribution in [1.29, 1.82) is 0 Å². The Kier molecular flexibility index (Phi) is 11.7. The summed E-state index contributed by atoms with van der Waals surface area (Å²) in [5.74, 6) is 0. The van der Waals surface area contributed by atoms with Crippen LogP contribution >= 0.6 is 12.4 Å². The van der Waals surface area contributed by atoms with Crippen molar-refractivity contribution in [3.63, 3.8) is 0 Å². The van der Waals surface area contributed by atoms with Crippen LogP contribution in [0.1, 0.15) is 26.7 Å². The second kappa shape index (κ2) is 12.0. The van der Waals surface area contributed by atoms with Crippen molar-refractivity contribution in [1.82, 2.24) is 9.80 Å². The maximum atomic E-state index is 11.5. The average molecular weight is 325 g/mol. The quantitative estimate of drug-likeness (QED) is 0.683. The minimum absolute atomic E-state index is 0. The zero-order valence-corrected chi connectivity index (χ0v) is 13.9. The lowest BCUT2D eigenvalue weighted by molar-refractivity contribution is 0.00605. The lowest BCUT2D eigenvalue weighted by atomic mass is 10.2. The molecule has 0 radical (unpaired) electrons. The molecule has 0 aliphatic carbocycles. The Balaban J connectivity index is 0.00000400. The molecular weight excluding hydrogens is 296 g/mol. The van der Waals surface area contributed by atoms with Gasteiger partial charge in [0.05, 0.1) is 19.3 Å². The first-order valence-corrected chi connectivity index (χ1v) is 7.57. The third-order valence-corrected chi connectivity index (χ3v) is 3.32. The molecule has 1 unspecified atom stereocenters. The van der Waals surface area contributed by atoms with Crippen molar-refractivity contribution in [3.8, 4) is 0 Å². The molecule has 0 bridgehead atoms. The lowest BCUT2D eigenvalue weighted by Crippen LogP contribution is -2.51. The molecule has 21 heavy (non-hydrogen) atoms. The Morgan fingerprint density at radius 1 is 1.24 bits per heavy atom. The van der Waals surface area contributed by atoms with Crippen molar-refractivity contribution >= 4 is 18.5 Å². The van der Waals surface area contributed by atoms with Crippen LogP contribution in [0.4, 0.5) is 4.79 Å². The molecule has 0 saturated carbocycles. The van der Waals surface area contributed by atoms with Crippen LogP contribution in [0.2, 0.25) is 0 Å². The number of halogens is 1. The van der Waals surface area contributed by atoms with Crippen LogP contribution in [0.15, 0.2) is 0 Å². The van der Waals surface area contributed by atoms with Crippen molar-refractivity contribution in [2.45, 2.75) is 32.8 Å². The number of carbonyl (C=O) groups is 1. The molecule has 1 fully saturated rings. The van der Waals surface area contributed by atoms with E-state index in [1.54, 1.807) is 4.90 Å². The van der Waals surface area contributed by atoms with E-state index in [-0.39, 0.29) is 18.5 Å². The Morgan fingerprint density at radius 3 is 2.48 bits per heavy atom. The molecule has 1 rings (SSSR count). The monoisotopic (exact) mass is 324 g/mol. The Hall–Kier alpha value is -0.560. The molecule has 126 valence electrons. The number of aliphatic hydroxyl groups excluding tert-OH is 1. The molecule has 6 nitrogen and oxygen atoms in total. The first kappa shape index (κ1) is 20.4. The van der Waals surface area contributed by atoms with Crippen molar-refractivity contribution < 1.29 is 19.4 Å². The van der Waals surface area contributed by atoms with E-state index in [0.29, 0.717) is 39.5 Å². The van der Waals surface area contributed by atoms with E-state index in [1.165, 1.54) is 0 Å². The van der Waals surface area contributed by atoms with Crippen LogP contribution in [0.3, 0.4) is 0 Å². The van der Waals surface area contributed by atoms with Crippen molar-refractivity contribution in [3.05, 3.63) is 0 Å². The second-order valence-electron chi connectivity index (χ2n) is 5.07. The second-order valence-corrected chi connectivity index (χ2v) is 5.07. The number of ether oxygens (including phenoxy) is 2. The van der Waals surface area contributed by atoms with Crippen LogP contribution in [0.5, 0.6) is 0 Å². The van der Waals surface area contributed by atoms with Gasteiger partial charge < -0.3 is 19.5 Å². The van der Waals surface area contributed by atoms with E-state index in [0.717, 1.165) is 25.9 Å². The predicted molar refractivity (Wildman–Crippen MR) is 84.0 cm³/mol. The summed E-state index contributed by atoms with van der Waals surface area (Å²) in [4.78, 5) is 15.4. The van der Waals surface area contributed by atoms with Crippen LogP contribution in [-0.2, 0) is 9.47 Å². The number of aliphatic hydroxyl groups is 1. The molecule has 1 heterocycles. The highest BCUT2D eigenvalue weighted by Crippen LogP contribution is 2.05. The van der Waals surface area contributed by atoms with E-state index in [9.17, 15) is 9.90 Å². The normalized spacial score (nSPS) is 17.2. The topological polar surface area (TPSA) is 62.2 Å². The maximum absolute atomic E-state index is 11.5. The Labute approximate surface area is 133 Å². The molecular formula is C14H29ClN2O4. The number of hydrogen-bond acceptors (Lipinski definition) is 5. The number of piperazine rings is 1. The average Bonchev–Trinajstić information content (AvgIpc) is 2.45. The fraction of sp³-hybridized carbons (Fsp3) is 0.929. The number of hydrogen-bond donors (Lipinski definition) is 1. The van der Waals surface area contributed by atoms with Gasteiger partial charge in [0, 0.05) is 39.3 Å². The third kappa shape index (κ3) is 8.46. The Morgan fingerprint density at radius 2 is 1.90 bits per heavy atom. The summed E-state index contributed by atoms with van der Waals surface area (Å²) < 4.78 is 10.4. The van der Waals surface area contributed by atoms with Gasteiger partial charge in [0.1, 0.15) is 0 Å². The molecule has 7 heteroatoms. The summed E-state index contributed by atoms with van der Waals surface area (Å²) in [7, 11) is 0. The van der Waals surface area contributed by atoms with E-state index in [4.69, 9.17) is 9.47 Å². The molecule has 1 aliphatic heterocycles. The SMILES string of the molecule is CCCCOCC(O)CN1CCN(C(=O)OCC)CC1.Cl. The number of β-amino-alcohol motifs (C(OH)–C–C–N with tert-alkyl or cyclic N) is 1. The number of rotatable bonds is 8. The maximum Gasteiger partial charge on any atom is 0.409 e. The molecule has 0 aromatic rings. The number of amides is 1. The van der Waals surface area contributed by atoms with Gasteiger partial charge in [-0.3, -0.25) is 4.90 Å². The van der Waals surface area contributed by atoms with Crippen molar-refractivity contribution in [2.24, 2.45) is 0 Å². The van der Waals surface area contributed by atoms with Gasteiger partial charge in [0.25, 0.3) is 0 Å². The van der Waals surface area contributed by atoms with Crippen LogP contribution < -0.4 is 0 Å². The summed E-state index contributed by atoms with van der Waals surface area (Å²) in [6.45, 7) is 8.88. The van der Waals surface area contributed by atoms with E-state index >= 15 is 0 Å². The van der Waals surface area contributed by atoms with Gasteiger partial charge in [-0.25, -0.2) is 4.79 Å². The molecule has 1 N–H and O–H groups in total. The third-order valence-electron chi connectivity index (χ3n) is 3.32. The van der Waals surface area contributed by atoms with Gasteiger partial charge in [-0.05, 0) is 13.3 Å². The molecule has 0 aromatic heterocycles. The summed E-state index contributed by atoms with van der Waals surface area (Å²) in [5.41, 5.74) is 0. The van der Waals surface area contributed by atoms with Gasteiger partial charge in [-0.15, -0.1) is 12.4 Å². The smallest absolute Gasteiger partial charge is 0.409 e. The van der Waals surface area contributed by atoms with Gasteiger partial charge in [0.2, 0.25) is 0 Å². The zero-order valence-electron chi connectivity index (χ0n) is 13.1. The number of carbonyl (C=O) groups excluding carboxylic acids is 1. The molecule has 1 aliphatic rings. The predicted octanol–water partition coefficient (Wildman–Crippen LogP) is 1.36. The summed E-state index contributed by atoms with van der Waals surface area (Å²) >= 11 is 0. The number of nitrogens with zero attached hydrogens (tertiary/aromatic N) is 2. The van der Waals surface area contributed by atoms with Crippen LogP contribution in [0, 0.1) is 0 Å². The molecule has 1 saturated heterocycles. The first-order valence-electron chi connectivity index (χ1n) is 7.57. The highest BCUT2D eigenvalue weighted by atomic mass is 35.5. The first-order chi connectivity index (χ1) is 9.67. The summed E-state index contributed by atoms with van der Waals surface area (Å²) in [6.07, 6.45) is 1.44. The van der Waals surface area contributed by atoms with E-state index < -0.39 is 6.10 Å². The Bertz CT molecular complexity index is 274. The van der Waals surface area contributed by atoms with Crippen LogP contribution in [-0.4, -0.2) is 79.6 Å². The fourth-order valence-corrected chi connectivity index (χ4v) is 2.14. The zero-order chi connectivity index (χ0) is 14.8. The molecule has 1 atom stereocenters. The standard InChI is InChI=1S/C14H28N2O4.ClH/c1-3-5-10-19-12-13(17)11-15-6-8-16(9-7-15)14(18)20-4-2;/h13,17H,3-12H2,1-2H3;1H. The highest BCUT2D eigenvalue weighted by Gasteiger charge is 2.23. The minimum Gasteiger partial charge on any atom is -0.450 e. The van der Waals surface area contributed by atoms with Crippen LogP contribution in [0.25, 0.3) is 0 Å². The van der Waals surface area contributed by atoms with Crippen molar-refractivity contribution in [2.75, 3.05) is 52.5 Å². The summed E-state index contributed by atoms with van der Waals surface area (Å²) in [5, 5.41) is 9.89. The highest BCUT2D eigenvalue weighted by molar-refractivity contribution is 5.85. The van der Waals surface area contributed by atoms with Gasteiger partial charge in [-0.2, -0.15) is 0 Å². The largest absolute Gasteiger partial charge is 0.450 e. The summed E-state index contributed by atoms with van der Waals surface area (Å²) in [6, 6.07) is 0. The molecule has 1 amide bonds.